The first-order chi connectivity index (χ1) is 10.7. The molecule has 0 aliphatic heterocycles. The Morgan fingerprint density at radius 2 is 1.95 bits per heavy atom. The summed E-state index contributed by atoms with van der Waals surface area (Å²) >= 11 is 5.03. The summed E-state index contributed by atoms with van der Waals surface area (Å²) in [6, 6.07) is 16.1. The fraction of sp³-hybridized carbons (Fsp3) is 0.0588. The molecule has 2 aromatic carbocycles. The molecular formula is C17H16N2O2S. The Kier molecular flexibility index (Phi) is 5.68. The second-order valence-corrected chi connectivity index (χ2v) is 4.78. The van der Waals surface area contributed by atoms with Crippen LogP contribution >= 0.6 is 12.2 Å². The first kappa shape index (κ1) is 15.7. The monoisotopic (exact) mass is 312 g/mol. The number of carbonyl (C=O) groups excluding carboxylic acids is 1. The van der Waals surface area contributed by atoms with Crippen LogP contribution in [0.15, 0.2) is 67.3 Å². The molecule has 0 saturated carbocycles. The largest absolute Gasteiger partial charge is 0.432 e. The molecular weight excluding hydrogens is 296 g/mol. The lowest BCUT2D eigenvalue weighted by atomic mass is 10.2. The van der Waals surface area contributed by atoms with Gasteiger partial charge in [-0.1, -0.05) is 30.3 Å². The van der Waals surface area contributed by atoms with Gasteiger partial charge in [0.25, 0.3) is 11.1 Å². The van der Waals surface area contributed by atoms with Gasteiger partial charge in [0.2, 0.25) is 0 Å². The average Bonchev–Trinajstić information content (AvgIpc) is 2.54. The Morgan fingerprint density at radius 1 is 1.18 bits per heavy atom. The molecule has 1 amide bonds. The van der Waals surface area contributed by atoms with Crippen molar-refractivity contribution in [3.8, 4) is 5.75 Å². The SMILES string of the molecule is C=CCNC(=S)Oc1cccc(C(=O)Nc2ccccc2)c1. The van der Waals surface area contributed by atoms with Gasteiger partial charge in [0.1, 0.15) is 5.75 Å². The van der Waals surface area contributed by atoms with Gasteiger partial charge in [0.05, 0.1) is 0 Å². The van der Waals surface area contributed by atoms with E-state index in [0.717, 1.165) is 5.69 Å². The molecule has 0 bridgehead atoms. The summed E-state index contributed by atoms with van der Waals surface area (Å²) in [6.45, 7) is 4.11. The molecule has 0 heterocycles. The van der Waals surface area contributed by atoms with Crippen molar-refractivity contribution in [2.75, 3.05) is 11.9 Å². The summed E-state index contributed by atoms with van der Waals surface area (Å²) in [7, 11) is 0. The van der Waals surface area contributed by atoms with Gasteiger partial charge in [-0.05, 0) is 42.5 Å². The number of anilines is 1. The number of hydrogen-bond acceptors (Lipinski definition) is 3. The second-order valence-electron chi connectivity index (χ2n) is 4.41. The van der Waals surface area contributed by atoms with E-state index in [0.29, 0.717) is 17.9 Å². The lowest BCUT2D eigenvalue weighted by Crippen LogP contribution is -2.26. The summed E-state index contributed by atoms with van der Waals surface area (Å²) in [6.07, 6.45) is 1.68. The first-order valence-corrected chi connectivity index (χ1v) is 7.13. The van der Waals surface area contributed by atoms with Gasteiger partial charge in [-0.2, -0.15) is 0 Å². The zero-order chi connectivity index (χ0) is 15.8. The molecule has 0 aliphatic carbocycles. The summed E-state index contributed by atoms with van der Waals surface area (Å²) in [5.74, 6) is 0.295. The number of thiocarbonyl (C=S) groups is 1. The van der Waals surface area contributed by atoms with Crippen molar-refractivity contribution < 1.29 is 9.53 Å². The molecule has 4 nitrogen and oxygen atoms in total. The molecule has 0 spiro atoms. The Bertz CT molecular complexity index is 671. The van der Waals surface area contributed by atoms with E-state index >= 15 is 0 Å². The Balaban J connectivity index is 2.03. The normalized spacial score (nSPS) is 9.64. The number of hydrogen-bond donors (Lipinski definition) is 2. The summed E-state index contributed by atoms with van der Waals surface area (Å²) < 4.78 is 5.45. The van der Waals surface area contributed by atoms with Gasteiger partial charge in [-0.25, -0.2) is 0 Å². The van der Waals surface area contributed by atoms with Crippen LogP contribution in [0.2, 0.25) is 0 Å². The van der Waals surface area contributed by atoms with Crippen molar-refractivity contribution in [2.45, 2.75) is 0 Å². The fourth-order valence-electron chi connectivity index (χ4n) is 1.72. The zero-order valence-corrected chi connectivity index (χ0v) is 12.7. The van der Waals surface area contributed by atoms with Crippen LogP contribution in [-0.4, -0.2) is 17.6 Å². The third-order valence-electron chi connectivity index (χ3n) is 2.73. The van der Waals surface area contributed by atoms with Crippen LogP contribution in [0.4, 0.5) is 5.69 Å². The summed E-state index contributed by atoms with van der Waals surface area (Å²) in [5, 5.41) is 5.91. The van der Waals surface area contributed by atoms with Crippen molar-refractivity contribution >= 4 is 29.0 Å². The van der Waals surface area contributed by atoms with Crippen LogP contribution in [0.3, 0.4) is 0 Å². The van der Waals surface area contributed by atoms with Crippen LogP contribution in [0.5, 0.6) is 5.75 Å². The number of nitrogens with one attached hydrogen (secondary N) is 2. The van der Waals surface area contributed by atoms with Crippen LogP contribution in [-0.2, 0) is 0 Å². The van der Waals surface area contributed by atoms with Gasteiger partial charge in [-0.15, -0.1) is 6.58 Å². The van der Waals surface area contributed by atoms with Crippen molar-refractivity contribution in [3.05, 3.63) is 72.8 Å². The average molecular weight is 312 g/mol. The topological polar surface area (TPSA) is 50.4 Å². The van der Waals surface area contributed by atoms with Crippen molar-refractivity contribution in [1.29, 1.82) is 0 Å². The van der Waals surface area contributed by atoms with E-state index in [2.05, 4.69) is 17.2 Å². The maximum absolute atomic E-state index is 12.2. The quantitative estimate of drug-likeness (QED) is 0.656. The van der Waals surface area contributed by atoms with Gasteiger partial charge < -0.3 is 15.4 Å². The Morgan fingerprint density at radius 3 is 2.68 bits per heavy atom. The maximum Gasteiger partial charge on any atom is 0.262 e. The van der Waals surface area contributed by atoms with Crippen LogP contribution in [0.1, 0.15) is 10.4 Å². The second kappa shape index (κ2) is 7.95. The molecule has 112 valence electrons. The molecule has 0 aromatic heterocycles. The first-order valence-electron chi connectivity index (χ1n) is 6.72. The lowest BCUT2D eigenvalue weighted by molar-refractivity contribution is 0.102. The van der Waals surface area contributed by atoms with Crippen LogP contribution in [0, 0.1) is 0 Å². The van der Waals surface area contributed by atoms with Crippen LogP contribution < -0.4 is 15.4 Å². The molecule has 0 unspecified atom stereocenters. The maximum atomic E-state index is 12.2. The molecule has 22 heavy (non-hydrogen) atoms. The summed E-state index contributed by atoms with van der Waals surface area (Å²) in [5.41, 5.74) is 1.23. The molecule has 2 aromatic rings. The van der Waals surface area contributed by atoms with E-state index in [4.69, 9.17) is 17.0 Å². The highest BCUT2D eigenvalue weighted by Crippen LogP contribution is 2.15. The number of benzene rings is 2. The standard InChI is InChI=1S/C17H16N2O2S/c1-2-11-18-17(22)21-15-10-6-7-13(12-15)16(20)19-14-8-4-3-5-9-14/h2-10,12H,1,11H2,(H,18,22)(H,19,20). The number of ether oxygens (including phenoxy) is 1. The molecule has 2 N–H and O–H groups in total. The molecule has 0 saturated heterocycles. The minimum absolute atomic E-state index is 0.207. The van der Waals surface area contributed by atoms with Crippen molar-refractivity contribution in [2.24, 2.45) is 0 Å². The number of carbonyl (C=O) groups is 1. The highest BCUT2D eigenvalue weighted by atomic mass is 32.1. The highest BCUT2D eigenvalue weighted by Gasteiger charge is 2.08. The van der Waals surface area contributed by atoms with E-state index in [1.807, 2.05) is 30.3 Å². The number of para-hydroxylation sites is 1. The Labute approximate surface area is 134 Å². The van der Waals surface area contributed by atoms with Crippen LogP contribution in [0.25, 0.3) is 0 Å². The van der Waals surface area contributed by atoms with Crippen molar-refractivity contribution in [3.63, 3.8) is 0 Å². The number of rotatable bonds is 5. The van der Waals surface area contributed by atoms with Gasteiger partial charge in [-0.3, -0.25) is 4.79 Å². The molecule has 2 rings (SSSR count). The Hall–Kier alpha value is -2.66. The predicted molar refractivity (Wildman–Crippen MR) is 92.3 cm³/mol. The van der Waals surface area contributed by atoms with Gasteiger partial charge >= 0.3 is 0 Å². The van der Waals surface area contributed by atoms with E-state index < -0.39 is 0 Å². The third kappa shape index (κ3) is 4.71. The van der Waals surface area contributed by atoms with E-state index in [-0.39, 0.29) is 11.1 Å². The van der Waals surface area contributed by atoms with Gasteiger partial charge in [0.15, 0.2) is 0 Å². The van der Waals surface area contributed by atoms with E-state index in [9.17, 15) is 4.79 Å². The highest BCUT2D eigenvalue weighted by molar-refractivity contribution is 7.80. The lowest BCUT2D eigenvalue weighted by Gasteiger charge is -2.09. The fourth-order valence-corrected chi connectivity index (χ4v) is 1.90. The number of amides is 1. The van der Waals surface area contributed by atoms with Crippen molar-refractivity contribution in [1.82, 2.24) is 5.32 Å². The predicted octanol–water partition coefficient (Wildman–Crippen LogP) is 3.38. The minimum Gasteiger partial charge on any atom is -0.432 e. The van der Waals surface area contributed by atoms with Gasteiger partial charge in [0, 0.05) is 17.8 Å². The molecule has 0 radical (unpaired) electrons. The zero-order valence-electron chi connectivity index (χ0n) is 11.9. The smallest absolute Gasteiger partial charge is 0.262 e. The van der Waals surface area contributed by atoms with E-state index in [1.54, 1.807) is 30.3 Å². The third-order valence-corrected chi connectivity index (χ3v) is 2.96. The molecule has 0 atom stereocenters. The molecule has 5 heteroatoms. The molecule has 0 aliphatic rings. The molecule has 0 fully saturated rings. The summed E-state index contributed by atoms with van der Waals surface area (Å²) in [4.78, 5) is 12.2. The minimum atomic E-state index is -0.207. The van der Waals surface area contributed by atoms with E-state index in [1.165, 1.54) is 0 Å².